The van der Waals surface area contributed by atoms with Crippen molar-refractivity contribution >= 4 is 0 Å². The molecule has 0 bridgehead atoms. The van der Waals surface area contributed by atoms with Crippen LogP contribution in [0.3, 0.4) is 0 Å². The summed E-state index contributed by atoms with van der Waals surface area (Å²) >= 11 is 0. The van der Waals surface area contributed by atoms with Crippen LogP contribution in [-0.4, -0.2) is 0 Å². The molecule has 5 rings (SSSR count). The molecule has 2 unspecified atom stereocenters. The van der Waals surface area contributed by atoms with E-state index in [1.165, 1.54) is 81.3 Å². The van der Waals surface area contributed by atoms with Gasteiger partial charge >= 0.3 is 0 Å². The van der Waals surface area contributed by atoms with Gasteiger partial charge in [0.25, 0.3) is 0 Å². The molecular weight excluding hydrogens is 468 g/mol. The van der Waals surface area contributed by atoms with Crippen LogP contribution in [0, 0.1) is 25.7 Å². The van der Waals surface area contributed by atoms with Gasteiger partial charge in [0.15, 0.2) is 0 Å². The van der Waals surface area contributed by atoms with E-state index >= 15 is 0 Å². The van der Waals surface area contributed by atoms with Crippen molar-refractivity contribution in [2.75, 3.05) is 0 Å². The van der Waals surface area contributed by atoms with Gasteiger partial charge in [-0.15, -0.1) is 0 Å². The Balaban J connectivity index is 1.68. The molecule has 0 saturated heterocycles. The van der Waals surface area contributed by atoms with Crippen LogP contribution < -0.4 is 0 Å². The number of benzene rings is 4. The third kappa shape index (κ3) is 5.00. The fourth-order valence-corrected chi connectivity index (χ4v) is 6.66. The zero-order valence-electron chi connectivity index (χ0n) is 25.0. The highest BCUT2D eigenvalue weighted by molar-refractivity contribution is 5.86. The maximum atomic E-state index is 2.50. The molecule has 0 aromatic heterocycles. The first-order valence-electron chi connectivity index (χ1n) is 15.3. The van der Waals surface area contributed by atoms with E-state index in [0.717, 1.165) is 24.7 Å². The van der Waals surface area contributed by atoms with Crippen molar-refractivity contribution in [3.63, 3.8) is 0 Å². The Morgan fingerprint density at radius 1 is 0.564 bits per heavy atom. The quantitative estimate of drug-likeness (QED) is 0.174. The van der Waals surface area contributed by atoms with Gasteiger partial charge in [0, 0.05) is 0 Å². The van der Waals surface area contributed by atoms with Crippen LogP contribution in [0.1, 0.15) is 97.9 Å². The van der Waals surface area contributed by atoms with Crippen molar-refractivity contribution in [3.05, 3.63) is 129 Å². The summed E-state index contributed by atoms with van der Waals surface area (Å²) in [4.78, 5) is 0. The fraction of sp³-hybridized carbons (Fsp3) is 0.385. The van der Waals surface area contributed by atoms with Gasteiger partial charge in [-0.25, -0.2) is 0 Å². The van der Waals surface area contributed by atoms with Gasteiger partial charge in [-0.2, -0.15) is 0 Å². The van der Waals surface area contributed by atoms with Gasteiger partial charge < -0.3 is 0 Å². The van der Waals surface area contributed by atoms with Crippen molar-refractivity contribution in [2.45, 2.75) is 85.5 Å². The van der Waals surface area contributed by atoms with Gasteiger partial charge in [0.05, 0.1) is 5.41 Å². The molecule has 0 heterocycles. The first-order chi connectivity index (χ1) is 18.9. The smallest absolute Gasteiger partial charge is 0.0651 e. The topological polar surface area (TPSA) is 0 Å². The monoisotopic (exact) mass is 514 g/mol. The lowest BCUT2D eigenvalue weighted by Gasteiger charge is -2.35. The zero-order chi connectivity index (χ0) is 27.6. The molecule has 1 aliphatic rings. The Bertz CT molecular complexity index is 1330. The van der Waals surface area contributed by atoms with E-state index in [-0.39, 0.29) is 5.41 Å². The van der Waals surface area contributed by atoms with Gasteiger partial charge in [-0.05, 0) is 107 Å². The maximum absolute atomic E-state index is 2.50. The highest BCUT2D eigenvalue weighted by Gasteiger charge is 2.46. The third-order valence-corrected chi connectivity index (χ3v) is 9.71. The molecule has 0 amide bonds. The Morgan fingerprint density at radius 2 is 0.974 bits per heavy atom. The summed E-state index contributed by atoms with van der Waals surface area (Å²) in [5, 5.41) is 0. The SMILES string of the molecule is CCC(C)CCc1ccc(C2(c3ccc(CCC(C)CC)c(C)c3)c3ccccc3-c3ccccc32)cc1C. The lowest BCUT2D eigenvalue weighted by Crippen LogP contribution is -2.29. The summed E-state index contributed by atoms with van der Waals surface area (Å²) in [7, 11) is 0. The standard InChI is InChI=1S/C39H46/c1-7-27(3)17-19-31-21-23-33(25-29(31)5)39(34-24-22-32(30(6)26-34)20-18-28(4)8-2)37-15-11-9-13-35(37)36-14-10-12-16-38(36)39/h9-16,21-28H,7-8,17-20H2,1-6H3. The summed E-state index contributed by atoms with van der Waals surface area (Å²) in [6, 6.07) is 32.9. The Kier molecular flexibility index (Phi) is 8.13. The maximum Gasteiger partial charge on any atom is 0.0713 e. The van der Waals surface area contributed by atoms with Crippen molar-refractivity contribution < 1.29 is 0 Å². The van der Waals surface area contributed by atoms with E-state index < -0.39 is 0 Å². The van der Waals surface area contributed by atoms with Gasteiger partial charge in [-0.1, -0.05) is 125 Å². The molecule has 0 aliphatic heterocycles. The summed E-state index contributed by atoms with van der Waals surface area (Å²) in [6.07, 6.45) is 7.33. The molecule has 2 atom stereocenters. The summed E-state index contributed by atoms with van der Waals surface area (Å²) in [6.45, 7) is 14.0. The number of rotatable bonds is 10. The predicted octanol–water partition coefficient (Wildman–Crippen LogP) is 10.6. The van der Waals surface area contributed by atoms with E-state index in [1.807, 2.05) is 0 Å². The molecule has 0 fully saturated rings. The van der Waals surface area contributed by atoms with E-state index in [2.05, 4.69) is 126 Å². The first-order valence-corrected chi connectivity index (χ1v) is 15.3. The minimum absolute atomic E-state index is 0.312. The Labute approximate surface area is 237 Å². The van der Waals surface area contributed by atoms with Gasteiger partial charge in [-0.3, -0.25) is 0 Å². The molecule has 0 radical (unpaired) electrons. The summed E-state index contributed by atoms with van der Waals surface area (Å²) in [5.74, 6) is 1.54. The molecule has 39 heavy (non-hydrogen) atoms. The van der Waals surface area contributed by atoms with E-state index in [9.17, 15) is 0 Å². The van der Waals surface area contributed by atoms with Crippen LogP contribution in [0.2, 0.25) is 0 Å². The average molecular weight is 515 g/mol. The summed E-state index contributed by atoms with van der Waals surface area (Å²) in [5.41, 5.74) is 13.8. The van der Waals surface area contributed by atoms with Crippen molar-refractivity contribution in [3.8, 4) is 11.1 Å². The summed E-state index contributed by atoms with van der Waals surface area (Å²) < 4.78 is 0. The number of aryl methyl sites for hydroxylation is 4. The van der Waals surface area contributed by atoms with Crippen LogP contribution in [-0.2, 0) is 18.3 Å². The predicted molar refractivity (Wildman–Crippen MR) is 169 cm³/mol. The second-order valence-electron chi connectivity index (χ2n) is 12.2. The zero-order valence-corrected chi connectivity index (χ0v) is 25.0. The van der Waals surface area contributed by atoms with Crippen LogP contribution >= 0.6 is 0 Å². The molecule has 4 aromatic rings. The molecular formula is C39H46. The molecule has 4 aromatic carbocycles. The van der Waals surface area contributed by atoms with E-state index in [1.54, 1.807) is 0 Å². The lowest BCUT2D eigenvalue weighted by atomic mass is 9.67. The lowest BCUT2D eigenvalue weighted by molar-refractivity contribution is 0.516. The number of hydrogen-bond donors (Lipinski definition) is 0. The van der Waals surface area contributed by atoms with Gasteiger partial charge in [0.1, 0.15) is 0 Å². The van der Waals surface area contributed by atoms with Crippen LogP contribution in [0.25, 0.3) is 11.1 Å². The molecule has 0 saturated carbocycles. The second kappa shape index (κ2) is 11.5. The van der Waals surface area contributed by atoms with Crippen molar-refractivity contribution in [1.29, 1.82) is 0 Å². The number of hydrogen-bond acceptors (Lipinski definition) is 0. The Morgan fingerprint density at radius 3 is 1.36 bits per heavy atom. The highest BCUT2D eigenvalue weighted by Crippen LogP contribution is 2.56. The first kappa shape index (κ1) is 27.4. The second-order valence-corrected chi connectivity index (χ2v) is 12.2. The average Bonchev–Trinajstić information content (AvgIpc) is 3.26. The molecule has 0 N–H and O–H groups in total. The fourth-order valence-electron chi connectivity index (χ4n) is 6.66. The van der Waals surface area contributed by atoms with Crippen LogP contribution in [0.5, 0.6) is 0 Å². The van der Waals surface area contributed by atoms with E-state index in [4.69, 9.17) is 0 Å². The molecule has 0 heteroatoms. The molecule has 0 spiro atoms. The number of fused-ring (bicyclic) bond motifs is 3. The molecule has 202 valence electrons. The van der Waals surface area contributed by atoms with Gasteiger partial charge in [0.2, 0.25) is 0 Å². The minimum atomic E-state index is -0.312. The highest BCUT2D eigenvalue weighted by atomic mass is 14.5. The molecule has 0 nitrogen and oxygen atoms in total. The van der Waals surface area contributed by atoms with Crippen LogP contribution in [0.4, 0.5) is 0 Å². The van der Waals surface area contributed by atoms with E-state index in [0.29, 0.717) is 0 Å². The normalized spacial score (nSPS) is 15.0. The van der Waals surface area contributed by atoms with Crippen LogP contribution in [0.15, 0.2) is 84.9 Å². The van der Waals surface area contributed by atoms with Crippen molar-refractivity contribution in [1.82, 2.24) is 0 Å². The van der Waals surface area contributed by atoms with Crippen molar-refractivity contribution in [2.24, 2.45) is 11.8 Å². The minimum Gasteiger partial charge on any atom is -0.0651 e. The molecule has 1 aliphatic carbocycles. The Hall–Kier alpha value is -3.12. The largest absolute Gasteiger partial charge is 0.0713 e. The third-order valence-electron chi connectivity index (χ3n) is 9.71.